The third kappa shape index (κ3) is 2.62. The second-order valence-electron chi connectivity index (χ2n) is 5.16. The number of para-hydroxylation sites is 1. The highest BCUT2D eigenvalue weighted by Crippen LogP contribution is 2.27. The van der Waals surface area contributed by atoms with E-state index in [1.807, 2.05) is 30.5 Å². The van der Waals surface area contributed by atoms with Crippen molar-refractivity contribution in [1.29, 1.82) is 0 Å². The molecule has 2 aromatic carbocycles. The van der Waals surface area contributed by atoms with Crippen molar-refractivity contribution in [2.75, 3.05) is 0 Å². The summed E-state index contributed by atoms with van der Waals surface area (Å²) in [5.41, 5.74) is 4.47. The molecule has 0 fully saturated rings. The van der Waals surface area contributed by atoms with Crippen molar-refractivity contribution >= 4 is 50.4 Å². The molecule has 0 aliphatic heterocycles. The third-order valence-corrected chi connectivity index (χ3v) is 4.00. The molecule has 0 saturated heterocycles. The van der Waals surface area contributed by atoms with Crippen LogP contribution in [-0.4, -0.2) is 9.97 Å². The zero-order valence-corrected chi connectivity index (χ0v) is 14.2. The zero-order valence-electron chi connectivity index (χ0n) is 11.7. The van der Waals surface area contributed by atoms with E-state index in [1.54, 1.807) is 0 Å². The van der Waals surface area contributed by atoms with Gasteiger partial charge in [0.2, 0.25) is 0 Å². The number of aromatic amines is 1. The first-order valence-electron chi connectivity index (χ1n) is 6.90. The molecule has 0 radical (unpaired) electrons. The van der Waals surface area contributed by atoms with E-state index in [0.29, 0.717) is 0 Å². The summed E-state index contributed by atoms with van der Waals surface area (Å²) in [6.07, 6.45) is 2.65. The zero-order chi connectivity index (χ0) is 14.2. The van der Waals surface area contributed by atoms with Crippen LogP contribution < -0.4 is 0 Å². The molecule has 2 heterocycles. The first-order valence-corrected chi connectivity index (χ1v) is 7.28. The molecule has 110 valence electrons. The molecule has 4 heteroatoms. The van der Waals surface area contributed by atoms with Crippen LogP contribution in [0, 0.1) is 0 Å². The standard InChI is InChI=1S/C18H13ClN2.BrH/c19-13-5-3-4-12(10-13)11-17-18-15(8-9-20-17)14-6-1-2-7-16(14)21-18;/h1-10,21H,11H2;1H. The lowest BCUT2D eigenvalue weighted by atomic mass is 10.1. The smallest absolute Gasteiger partial charge is 0.0688 e. The molecule has 4 rings (SSSR count). The Bertz CT molecular complexity index is 946. The Morgan fingerprint density at radius 1 is 0.955 bits per heavy atom. The largest absolute Gasteiger partial charge is 0.353 e. The Hall–Kier alpha value is -1.84. The minimum Gasteiger partial charge on any atom is -0.353 e. The molecule has 22 heavy (non-hydrogen) atoms. The maximum Gasteiger partial charge on any atom is 0.0688 e. The van der Waals surface area contributed by atoms with Gasteiger partial charge in [-0.3, -0.25) is 4.98 Å². The van der Waals surface area contributed by atoms with Crippen molar-refractivity contribution in [1.82, 2.24) is 9.97 Å². The number of aromatic nitrogens is 2. The molecule has 0 spiro atoms. The van der Waals surface area contributed by atoms with Gasteiger partial charge in [-0.2, -0.15) is 0 Å². The molecule has 0 saturated carbocycles. The van der Waals surface area contributed by atoms with Gasteiger partial charge in [-0.25, -0.2) is 0 Å². The first-order chi connectivity index (χ1) is 10.3. The van der Waals surface area contributed by atoms with E-state index in [4.69, 9.17) is 11.6 Å². The molecular formula is C18H14BrClN2. The maximum absolute atomic E-state index is 6.07. The second kappa shape index (κ2) is 6.11. The highest BCUT2D eigenvalue weighted by Gasteiger charge is 2.09. The van der Waals surface area contributed by atoms with Gasteiger partial charge in [0.05, 0.1) is 11.2 Å². The highest BCUT2D eigenvalue weighted by atomic mass is 79.9. The number of fused-ring (bicyclic) bond motifs is 3. The number of halogens is 2. The lowest BCUT2D eigenvalue weighted by molar-refractivity contribution is 1.09. The fourth-order valence-electron chi connectivity index (χ4n) is 2.80. The van der Waals surface area contributed by atoms with E-state index in [-0.39, 0.29) is 17.0 Å². The molecule has 0 atom stereocenters. The normalized spacial score (nSPS) is 10.8. The van der Waals surface area contributed by atoms with Gasteiger partial charge < -0.3 is 4.98 Å². The van der Waals surface area contributed by atoms with Crippen LogP contribution in [0.15, 0.2) is 60.8 Å². The summed E-state index contributed by atoms with van der Waals surface area (Å²) >= 11 is 6.07. The average molecular weight is 374 g/mol. The predicted molar refractivity (Wildman–Crippen MR) is 98.2 cm³/mol. The number of nitrogens with zero attached hydrogens (tertiary/aromatic N) is 1. The van der Waals surface area contributed by atoms with Crippen molar-refractivity contribution in [3.05, 3.63) is 77.1 Å². The van der Waals surface area contributed by atoms with Crippen LogP contribution in [-0.2, 0) is 6.42 Å². The number of hydrogen-bond acceptors (Lipinski definition) is 1. The number of hydrogen-bond donors (Lipinski definition) is 1. The Kier molecular flexibility index (Phi) is 4.19. The predicted octanol–water partition coefficient (Wildman–Crippen LogP) is 5.54. The fraction of sp³-hybridized carbons (Fsp3) is 0.0556. The van der Waals surface area contributed by atoms with E-state index >= 15 is 0 Å². The fourth-order valence-corrected chi connectivity index (χ4v) is 3.02. The van der Waals surface area contributed by atoms with Crippen molar-refractivity contribution in [2.45, 2.75) is 6.42 Å². The van der Waals surface area contributed by atoms with Crippen molar-refractivity contribution < 1.29 is 0 Å². The first kappa shape index (κ1) is 15.1. The molecule has 0 aliphatic carbocycles. The number of H-pyrrole nitrogens is 1. The topological polar surface area (TPSA) is 28.7 Å². The van der Waals surface area contributed by atoms with Crippen LogP contribution in [0.5, 0.6) is 0 Å². The third-order valence-electron chi connectivity index (χ3n) is 3.77. The Balaban J connectivity index is 0.00000144. The Labute approximate surface area is 143 Å². The van der Waals surface area contributed by atoms with E-state index < -0.39 is 0 Å². The summed E-state index contributed by atoms with van der Waals surface area (Å²) in [6, 6.07) is 18.3. The van der Waals surface area contributed by atoms with Gasteiger partial charge >= 0.3 is 0 Å². The summed E-state index contributed by atoms with van der Waals surface area (Å²) in [4.78, 5) is 8.04. The van der Waals surface area contributed by atoms with E-state index in [2.05, 4.69) is 40.3 Å². The van der Waals surface area contributed by atoms with Gasteiger partial charge in [0.15, 0.2) is 0 Å². The van der Waals surface area contributed by atoms with Crippen LogP contribution >= 0.6 is 28.6 Å². The molecule has 1 N–H and O–H groups in total. The molecule has 0 unspecified atom stereocenters. The minimum absolute atomic E-state index is 0. The summed E-state index contributed by atoms with van der Waals surface area (Å²) < 4.78 is 0. The highest BCUT2D eigenvalue weighted by molar-refractivity contribution is 8.93. The van der Waals surface area contributed by atoms with Crippen molar-refractivity contribution in [3.8, 4) is 0 Å². The number of benzene rings is 2. The van der Waals surface area contributed by atoms with E-state index in [1.165, 1.54) is 16.3 Å². The molecule has 0 amide bonds. The summed E-state index contributed by atoms with van der Waals surface area (Å²) in [7, 11) is 0. The van der Waals surface area contributed by atoms with Gasteiger partial charge in [-0.05, 0) is 29.8 Å². The Morgan fingerprint density at radius 2 is 1.82 bits per heavy atom. The van der Waals surface area contributed by atoms with E-state index in [0.717, 1.165) is 28.2 Å². The summed E-state index contributed by atoms with van der Waals surface area (Å²) in [5, 5.41) is 3.22. The Morgan fingerprint density at radius 3 is 2.68 bits per heavy atom. The van der Waals surface area contributed by atoms with E-state index in [9.17, 15) is 0 Å². The van der Waals surface area contributed by atoms with Crippen LogP contribution in [0.3, 0.4) is 0 Å². The van der Waals surface area contributed by atoms with Crippen LogP contribution in [0.2, 0.25) is 5.02 Å². The van der Waals surface area contributed by atoms with Gasteiger partial charge in [-0.15, -0.1) is 17.0 Å². The quantitative estimate of drug-likeness (QED) is 0.491. The van der Waals surface area contributed by atoms with Crippen LogP contribution in [0.1, 0.15) is 11.3 Å². The average Bonchev–Trinajstić information content (AvgIpc) is 2.87. The lowest BCUT2D eigenvalue weighted by Crippen LogP contribution is -1.93. The summed E-state index contributed by atoms with van der Waals surface area (Å²) in [6.45, 7) is 0. The maximum atomic E-state index is 6.07. The number of nitrogens with one attached hydrogen (secondary N) is 1. The van der Waals surface area contributed by atoms with Crippen molar-refractivity contribution in [2.24, 2.45) is 0 Å². The monoisotopic (exact) mass is 372 g/mol. The van der Waals surface area contributed by atoms with Crippen LogP contribution in [0.4, 0.5) is 0 Å². The molecule has 2 aromatic heterocycles. The molecule has 0 aliphatic rings. The van der Waals surface area contributed by atoms with Gasteiger partial charge in [0.25, 0.3) is 0 Å². The SMILES string of the molecule is Br.Clc1cccc(Cc2nccc3c2[nH]c2ccccc23)c1. The molecule has 2 nitrogen and oxygen atoms in total. The van der Waals surface area contributed by atoms with Gasteiger partial charge in [-0.1, -0.05) is 41.9 Å². The minimum atomic E-state index is 0. The molecular weight excluding hydrogens is 360 g/mol. The lowest BCUT2D eigenvalue weighted by Gasteiger charge is -2.03. The van der Waals surface area contributed by atoms with Crippen LogP contribution in [0.25, 0.3) is 21.8 Å². The van der Waals surface area contributed by atoms with Crippen molar-refractivity contribution in [3.63, 3.8) is 0 Å². The molecule has 4 aromatic rings. The number of rotatable bonds is 2. The van der Waals surface area contributed by atoms with Gasteiger partial charge in [0, 0.05) is 33.9 Å². The molecule has 0 bridgehead atoms. The second-order valence-corrected chi connectivity index (χ2v) is 5.59. The number of pyridine rings is 1. The van der Waals surface area contributed by atoms with Gasteiger partial charge in [0.1, 0.15) is 0 Å². The summed E-state index contributed by atoms with van der Waals surface area (Å²) in [5.74, 6) is 0.